The first kappa shape index (κ1) is 12.3. The molecule has 0 aromatic heterocycles. The minimum atomic E-state index is 0.889. The van der Waals surface area contributed by atoms with Crippen LogP contribution in [0.2, 0.25) is 0 Å². The third kappa shape index (κ3) is 3.44. The van der Waals surface area contributed by atoms with E-state index in [1.807, 2.05) is 0 Å². The lowest BCUT2D eigenvalue weighted by atomic mass is 9.85. The summed E-state index contributed by atoms with van der Waals surface area (Å²) in [5, 5.41) is 3.44. The van der Waals surface area contributed by atoms with Crippen molar-refractivity contribution in [3.63, 3.8) is 0 Å². The minimum Gasteiger partial charge on any atom is -0.314 e. The zero-order valence-corrected chi connectivity index (χ0v) is 10.9. The molecule has 2 fully saturated rings. The Balaban J connectivity index is 1.71. The number of piperazine rings is 1. The molecule has 0 unspecified atom stereocenters. The van der Waals surface area contributed by atoms with Crippen LogP contribution in [0.1, 0.15) is 25.7 Å². The lowest BCUT2D eigenvalue weighted by Crippen LogP contribution is -2.49. The standard InChI is InChI=1S/C13H27N3/c1-15(2)11-12-3-5-13(6-4-12)16-9-7-14-8-10-16/h12-14H,3-11H2,1-2H3. The summed E-state index contributed by atoms with van der Waals surface area (Å²) in [7, 11) is 4.39. The maximum Gasteiger partial charge on any atom is 0.0110 e. The molecule has 1 saturated heterocycles. The summed E-state index contributed by atoms with van der Waals surface area (Å²) in [5.41, 5.74) is 0. The second kappa shape index (κ2) is 5.99. The van der Waals surface area contributed by atoms with Crippen molar-refractivity contribution in [3.05, 3.63) is 0 Å². The van der Waals surface area contributed by atoms with Gasteiger partial charge in [-0.2, -0.15) is 0 Å². The highest BCUT2D eigenvalue weighted by molar-refractivity contribution is 4.82. The van der Waals surface area contributed by atoms with Crippen molar-refractivity contribution in [2.75, 3.05) is 46.8 Å². The van der Waals surface area contributed by atoms with Crippen LogP contribution in [0.15, 0.2) is 0 Å². The Kier molecular flexibility index (Phi) is 4.62. The van der Waals surface area contributed by atoms with Crippen molar-refractivity contribution in [1.29, 1.82) is 0 Å². The molecule has 3 nitrogen and oxygen atoms in total. The van der Waals surface area contributed by atoms with Crippen molar-refractivity contribution in [2.24, 2.45) is 5.92 Å². The molecule has 1 aliphatic heterocycles. The summed E-state index contributed by atoms with van der Waals surface area (Å²) in [4.78, 5) is 5.05. The van der Waals surface area contributed by atoms with Crippen LogP contribution in [0.5, 0.6) is 0 Å². The monoisotopic (exact) mass is 225 g/mol. The Bertz CT molecular complexity index is 191. The third-order valence-electron chi connectivity index (χ3n) is 4.11. The van der Waals surface area contributed by atoms with Gasteiger partial charge in [0, 0.05) is 38.8 Å². The molecule has 1 N–H and O–H groups in total. The number of rotatable bonds is 3. The van der Waals surface area contributed by atoms with E-state index < -0.39 is 0 Å². The highest BCUT2D eigenvalue weighted by Gasteiger charge is 2.26. The normalized spacial score (nSPS) is 33.2. The van der Waals surface area contributed by atoms with Gasteiger partial charge in [0.25, 0.3) is 0 Å². The average molecular weight is 225 g/mol. The van der Waals surface area contributed by atoms with Crippen LogP contribution in [0.4, 0.5) is 0 Å². The van der Waals surface area contributed by atoms with E-state index in [0.717, 1.165) is 12.0 Å². The molecule has 94 valence electrons. The molecule has 0 amide bonds. The van der Waals surface area contributed by atoms with Gasteiger partial charge in [-0.15, -0.1) is 0 Å². The number of hydrogen-bond acceptors (Lipinski definition) is 3. The zero-order valence-electron chi connectivity index (χ0n) is 10.9. The fourth-order valence-electron chi connectivity index (χ4n) is 3.26. The van der Waals surface area contributed by atoms with Gasteiger partial charge < -0.3 is 10.2 Å². The topological polar surface area (TPSA) is 18.5 Å². The second-order valence-corrected chi connectivity index (χ2v) is 5.72. The number of nitrogens with zero attached hydrogens (tertiary/aromatic N) is 2. The first-order valence-corrected chi connectivity index (χ1v) is 6.85. The highest BCUT2D eigenvalue weighted by atomic mass is 15.2. The molecule has 1 aliphatic carbocycles. The summed E-state index contributed by atoms with van der Waals surface area (Å²) in [6.45, 7) is 6.20. The van der Waals surface area contributed by atoms with Crippen molar-refractivity contribution in [1.82, 2.24) is 15.1 Å². The predicted octanol–water partition coefficient (Wildman–Crippen LogP) is 1.01. The smallest absolute Gasteiger partial charge is 0.0110 e. The third-order valence-corrected chi connectivity index (χ3v) is 4.11. The molecule has 16 heavy (non-hydrogen) atoms. The van der Waals surface area contributed by atoms with Crippen LogP contribution < -0.4 is 5.32 Å². The van der Waals surface area contributed by atoms with Gasteiger partial charge >= 0.3 is 0 Å². The van der Waals surface area contributed by atoms with Gasteiger partial charge in [0.2, 0.25) is 0 Å². The minimum absolute atomic E-state index is 0.889. The summed E-state index contributed by atoms with van der Waals surface area (Å²) < 4.78 is 0. The summed E-state index contributed by atoms with van der Waals surface area (Å²) in [6, 6.07) is 0.889. The van der Waals surface area contributed by atoms with Gasteiger partial charge in [-0.3, -0.25) is 4.90 Å². The molecule has 0 spiro atoms. The molecule has 0 radical (unpaired) electrons. The van der Waals surface area contributed by atoms with E-state index in [2.05, 4.69) is 29.2 Å². The molecular formula is C13H27N3. The Hall–Kier alpha value is -0.120. The van der Waals surface area contributed by atoms with Gasteiger partial charge in [0.05, 0.1) is 0 Å². The highest BCUT2D eigenvalue weighted by Crippen LogP contribution is 2.27. The van der Waals surface area contributed by atoms with Gasteiger partial charge in [-0.05, 0) is 45.7 Å². The quantitative estimate of drug-likeness (QED) is 0.773. The summed E-state index contributed by atoms with van der Waals surface area (Å²) in [6.07, 6.45) is 5.73. The first-order valence-electron chi connectivity index (χ1n) is 6.85. The predicted molar refractivity (Wildman–Crippen MR) is 68.7 cm³/mol. The van der Waals surface area contributed by atoms with Gasteiger partial charge in [-0.1, -0.05) is 0 Å². The van der Waals surface area contributed by atoms with Gasteiger partial charge in [0.1, 0.15) is 0 Å². The Labute approximate surface area is 100 Å². The molecule has 0 aromatic carbocycles. The Morgan fingerprint density at radius 2 is 1.69 bits per heavy atom. The largest absolute Gasteiger partial charge is 0.314 e. The van der Waals surface area contributed by atoms with Crippen LogP contribution in [-0.4, -0.2) is 62.7 Å². The van der Waals surface area contributed by atoms with E-state index in [-0.39, 0.29) is 0 Å². The molecule has 1 heterocycles. The van der Waals surface area contributed by atoms with Crippen LogP contribution in [0.25, 0.3) is 0 Å². The maximum absolute atomic E-state index is 3.44. The molecular weight excluding hydrogens is 198 g/mol. The second-order valence-electron chi connectivity index (χ2n) is 5.72. The fraction of sp³-hybridized carbons (Fsp3) is 1.00. The van der Waals surface area contributed by atoms with Crippen LogP contribution in [0, 0.1) is 5.92 Å². The van der Waals surface area contributed by atoms with Gasteiger partial charge in [0.15, 0.2) is 0 Å². The zero-order chi connectivity index (χ0) is 11.4. The number of nitrogens with one attached hydrogen (secondary N) is 1. The van der Waals surface area contributed by atoms with Crippen molar-refractivity contribution in [3.8, 4) is 0 Å². The lowest BCUT2D eigenvalue weighted by molar-refractivity contribution is 0.114. The summed E-state index contributed by atoms with van der Waals surface area (Å²) in [5.74, 6) is 0.953. The molecule has 1 saturated carbocycles. The van der Waals surface area contributed by atoms with E-state index in [4.69, 9.17) is 0 Å². The Morgan fingerprint density at radius 1 is 1.06 bits per heavy atom. The molecule has 0 aromatic rings. The molecule has 2 aliphatic rings. The Morgan fingerprint density at radius 3 is 2.25 bits per heavy atom. The van der Waals surface area contributed by atoms with Gasteiger partial charge in [-0.25, -0.2) is 0 Å². The van der Waals surface area contributed by atoms with Crippen LogP contribution >= 0.6 is 0 Å². The van der Waals surface area contributed by atoms with E-state index in [9.17, 15) is 0 Å². The van der Waals surface area contributed by atoms with Crippen molar-refractivity contribution in [2.45, 2.75) is 31.7 Å². The average Bonchev–Trinajstić information content (AvgIpc) is 2.30. The van der Waals surface area contributed by atoms with E-state index in [1.54, 1.807) is 0 Å². The molecule has 3 heteroatoms. The fourth-order valence-corrected chi connectivity index (χ4v) is 3.26. The molecule has 0 bridgehead atoms. The number of hydrogen-bond donors (Lipinski definition) is 1. The molecule has 2 rings (SSSR count). The first-order chi connectivity index (χ1) is 7.75. The van der Waals surface area contributed by atoms with Crippen LogP contribution in [0.3, 0.4) is 0 Å². The molecule has 0 atom stereocenters. The van der Waals surface area contributed by atoms with Crippen molar-refractivity contribution < 1.29 is 0 Å². The SMILES string of the molecule is CN(C)CC1CCC(N2CCNCC2)CC1. The summed E-state index contributed by atoms with van der Waals surface area (Å²) >= 11 is 0. The lowest BCUT2D eigenvalue weighted by Gasteiger charge is -2.39. The van der Waals surface area contributed by atoms with Crippen molar-refractivity contribution >= 4 is 0 Å². The van der Waals surface area contributed by atoms with E-state index in [1.165, 1.54) is 58.4 Å². The van der Waals surface area contributed by atoms with E-state index in [0.29, 0.717) is 0 Å². The maximum atomic E-state index is 3.44. The van der Waals surface area contributed by atoms with E-state index >= 15 is 0 Å². The van der Waals surface area contributed by atoms with Crippen LogP contribution in [-0.2, 0) is 0 Å².